The number of nitrogens with zero attached hydrogens (tertiary/aromatic N) is 1. The van der Waals surface area contributed by atoms with Crippen LogP contribution in [-0.2, 0) is 4.79 Å². The molecule has 23 heavy (non-hydrogen) atoms. The van der Waals surface area contributed by atoms with Crippen LogP contribution >= 0.6 is 0 Å². The minimum Gasteiger partial charge on any atom is -0.488 e. The highest BCUT2D eigenvalue weighted by Gasteiger charge is 2.28. The van der Waals surface area contributed by atoms with E-state index < -0.39 is 0 Å². The third-order valence-corrected chi connectivity index (χ3v) is 5.08. The summed E-state index contributed by atoms with van der Waals surface area (Å²) in [5.74, 6) is 1.92. The molecule has 1 saturated carbocycles. The van der Waals surface area contributed by atoms with Crippen LogP contribution in [0.2, 0.25) is 0 Å². The lowest BCUT2D eigenvalue weighted by molar-refractivity contribution is -0.128. The molecular formula is C19H24N2O2. The van der Waals surface area contributed by atoms with Crippen molar-refractivity contribution in [2.75, 3.05) is 26.2 Å². The molecule has 0 aromatic heterocycles. The zero-order valence-corrected chi connectivity index (χ0v) is 13.5. The second kappa shape index (κ2) is 6.36. The van der Waals surface area contributed by atoms with E-state index in [1.807, 2.05) is 35.2 Å². The van der Waals surface area contributed by atoms with Crippen LogP contribution in [0.3, 0.4) is 0 Å². The molecule has 1 aromatic carbocycles. The maximum atomic E-state index is 12.7. The Hall–Kier alpha value is -1.81. The van der Waals surface area contributed by atoms with Crippen LogP contribution < -0.4 is 10.1 Å². The average Bonchev–Trinajstić information content (AvgIpc) is 3.44. The molecule has 2 aliphatic heterocycles. The fourth-order valence-corrected chi connectivity index (χ4v) is 3.38. The monoisotopic (exact) mass is 312 g/mol. The third kappa shape index (κ3) is 3.42. The first-order valence-electron chi connectivity index (χ1n) is 8.74. The zero-order valence-electron chi connectivity index (χ0n) is 13.5. The molecule has 1 amide bonds. The quantitative estimate of drug-likeness (QED) is 0.928. The highest BCUT2D eigenvalue weighted by Crippen LogP contribution is 2.29. The number of carbonyl (C=O) groups excluding carboxylic acids is 1. The predicted molar refractivity (Wildman–Crippen MR) is 90.2 cm³/mol. The Balaban J connectivity index is 1.34. The number of rotatable bonds is 4. The average molecular weight is 312 g/mol. The van der Waals surface area contributed by atoms with Crippen LogP contribution in [0.1, 0.15) is 31.2 Å². The molecule has 1 aliphatic carbocycles. The van der Waals surface area contributed by atoms with Crippen molar-refractivity contribution in [2.24, 2.45) is 5.92 Å². The van der Waals surface area contributed by atoms with Crippen molar-refractivity contribution in [1.82, 2.24) is 10.2 Å². The Morgan fingerprint density at radius 3 is 2.74 bits per heavy atom. The van der Waals surface area contributed by atoms with E-state index in [1.165, 1.54) is 12.8 Å². The van der Waals surface area contributed by atoms with Gasteiger partial charge in [-0.15, -0.1) is 0 Å². The van der Waals surface area contributed by atoms with E-state index in [0.717, 1.165) is 55.3 Å². The summed E-state index contributed by atoms with van der Waals surface area (Å²) in [7, 11) is 0. The van der Waals surface area contributed by atoms with E-state index in [1.54, 1.807) is 0 Å². The van der Waals surface area contributed by atoms with Crippen molar-refractivity contribution in [3.05, 3.63) is 35.4 Å². The van der Waals surface area contributed by atoms with Gasteiger partial charge in [0.1, 0.15) is 12.4 Å². The summed E-state index contributed by atoms with van der Waals surface area (Å²) in [5.41, 5.74) is 1.77. The lowest BCUT2D eigenvalue weighted by Gasteiger charge is -2.33. The summed E-state index contributed by atoms with van der Waals surface area (Å²) in [6.45, 7) is 3.24. The highest BCUT2D eigenvalue weighted by molar-refractivity contribution is 5.99. The van der Waals surface area contributed by atoms with Gasteiger partial charge in [-0.05, 0) is 50.3 Å². The first-order valence-corrected chi connectivity index (χ1v) is 8.74. The number of benzene rings is 1. The summed E-state index contributed by atoms with van der Waals surface area (Å²) in [5, 5.41) is 3.66. The van der Waals surface area contributed by atoms with Crippen LogP contribution in [-0.4, -0.2) is 43.1 Å². The molecule has 2 fully saturated rings. The van der Waals surface area contributed by atoms with Gasteiger partial charge in [0.2, 0.25) is 0 Å². The lowest BCUT2D eigenvalue weighted by atomic mass is 10.0. The fraction of sp³-hybridized carbons (Fsp3) is 0.526. The standard InChI is InChI=1S/C19H24N2O2/c22-19(16-11-15-3-1-2-4-18(15)23-13-16)21-9-7-17(8-10-21)20-12-14-5-6-14/h1-4,11,14,17,20H,5-10,12-13H2. The molecule has 1 saturated heterocycles. The molecule has 1 aromatic rings. The maximum absolute atomic E-state index is 12.7. The predicted octanol–water partition coefficient (Wildman–Crippen LogP) is 2.45. The Labute approximate surface area is 137 Å². The molecule has 0 bridgehead atoms. The van der Waals surface area contributed by atoms with Gasteiger partial charge in [0.25, 0.3) is 5.91 Å². The van der Waals surface area contributed by atoms with Crippen molar-refractivity contribution in [1.29, 1.82) is 0 Å². The van der Waals surface area contributed by atoms with E-state index in [4.69, 9.17) is 4.74 Å². The molecule has 4 rings (SSSR count). The minimum atomic E-state index is 0.139. The van der Waals surface area contributed by atoms with Crippen LogP contribution in [0.4, 0.5) is 0 Å². The number of piperidine rings is 1. The Bertz CT molecular complexity index is 614. The third-order valence-electron chi connectivity index (χ3n) is 5.08. The fourth-order valence-electron chi connectivity index (χ4n) is 3.38. The van der Waals surface area contributed by atoms with Crippen molar-refractivity contribution in [2.45, 2.75) is 31.7 Å². The second-order valence-electron chi connectivity index (χ2n) is 6.91. The molecule has 0 radical (unpaired) electrons. The molecule has 4 heteroatoms. The van der Waals surface area contributed by atoms with Crippen LogP contribution in [0, 0.1) is 5.92 Å². The molecule has 4 nitrogen and oxygen atoms in total. The summed E-state index contributed by atoms with van der Waals surface area (Å²) in [4.78, 5) is 14.7. The van der Waals surface area contributed by atoms with Crippen molar-refractivity contribution >= 4 is 12.0 Å². The molecule has 1 N–H and O–H groups in total. The van der Waals surface area contributed by atoms with Gasteiger partial charge in [-0.1, -0.05) is 18.2 Å². The Morgan fingerprint density at radius 2 is 1.96 bits per heavy atom. The maximum Gasteiger partial charge on any atom is 0.253 e. The van der Waals surface area contributed by atoms with Crippen LogP contribution in [0.15, 0.2) is 29.8 Å². The van der Waals surface area contributed by atoms with E-state index in [9.17, 15) is 4.79 Å². The van der Waals surface area contributed by atoms with E-state index in [-0.39, 0.29) is 5.91 Å². The molecule has 0 spiro atoms. The Kier molecular flexibility index (Phi) is 4.08. The SMILES string of the molecule is O=C(C1=Cc2ccccc2OC1)N1CCC(NCC2CC2)CC1. The number of hydrogen-bond donors (Lipinski definition) is 1. The molecule has 122 valence electrons. The molecular weight excluding hydrogens is 288 g/mol. The van der Waals surface area contributed by atoms with Crippen LogP contribution in [0.5, 0.6) is 5.75 Å². The van der Waals surface area contributed by atoms with Gasteiger partial charge < -0.3 is 15.0 Å². The number of ether oxygens (including phenoxy) is 1. The van der Waals surface area contributed by atoms with Gasteiger partial charge in [-0.2, -0.15) is 0 Å². The topological polar surface area (TPSA) is 41.6 Å². The summed E-state index contributed by atoms with van der Waals surface area (Å²) in [6.07, 6.45) is 6.88. The van der Waals surface area contributed by atoms with E-state index in [0.29, 0.717) is 12.6 Å². The van der Waals surface area contributed by atoms with E-state index in [2.05, 4.69) is 5.32 Å². The Morgan fingerprint density at radius 1 is 1.17 bits per heavy atom. The number of fused-ring (bicyclic) bond motifs is 1. The highest BCUT2D eigenvalue weighted by atomic mass is 16.5. The summed E-state index contributed by atoms with van der Waals surface area (Å²) in [6, 6.07) is 8.46. The number of amides is 1. The molecule has 0 atom stereocenters. The number of hydrogen-bond acceptors (Lipinski definition) is 3. The molecule has 2 heterocycles. The number of likely N-dealkylation sites (tertiary alicyclic amines) is 1. The molecule has 3 aliphatic rings. The van der Waals surface area contributed by atoms with Gasteiger partial charge in [0, 0.05) is 24.7 Å². The normalized spacial score (nSPS) is 21.4. The minimum absolute atomic E-state index is 0.139. The van der Waals surface area contributed by atoms with Crippen molar-refractivity contribution < 1.29 is 9.53 Å². The van der Waals surface area contributed by atoms with E-state index >= 15 is 0 Å². The first-order chi connectivity index (χ1) is 11.3. The van der Waals surface area contributed by atoms with Crippen molar-refractivity contribution in [3.63, 3.8) is 0 Å². The van der Waals surface area contributed by atoms with Gasteiger partial charge >= 0.3 is 0 Å². The van der Waals surface area contributed by atoms with Gasteiger partial charge in [0.15, 0.2) is 0 Å². The summed E-state index contributed by atoms with van der Waals surface area (Å²) >= 11 is 0. The van der Waals surface area contributed by atoms with Gasteiger partial charge in [0.05, 0.1) is 5.57 Å². The summed E-state index contributed by atoms with van der Waals surface area (Å²) < 4.78 is 5.71. The first kappa shape index (κ1) is 14.8. The number of nitrogens with one attached hydrogen (secondary N) is 1. The second-order valence-corrected chi connectivity index (χ2v) is 6.91. The number of carbonyl (C=O) groups is 1. The smallest absolute Gasteiger partial charge is 0.253 e. The lowest BCUT2D eigenvalue weighted by Crippen LogP contribution is -2.46. The largest absolute Gasteiger partial charge is 0.488 e. The molecule has 0 unspecified atom stereocenters. The zero-order chi connectivity index (χ0) is 15.6. The van der Waals surface area contributed by atoms with Gasteiger partial charge in [-0.3, -0.25) is 4.79 Å². The van der Waals surface area contributed by atoms with Gasteiger partial charge in [-0.25, -0.2) is 0 Å². The van der Waals surface area contributed by atoms with Crippen LogP contribution in [0.25, 0.3) is 6.08 Å². The van der Waals surface area contributed by atoms with Crippen molar-refractivity contribution in [3.8, 4) is 5.75 Å². The number of para-hydroxylation sites is 1.